The number of nitrogens with zero attached hydrogens (tertiary/aromatic N) is 3. The predicted octanol–water partition coefficient (Wildman–Crippen LogP) is 2.26. The molecular weight excluding hydrogens is 176 g/mol. The van der Waals surface area contributed by atoms with Gasteiger partial charge in [-0.15, -0.1) is 0 Å². The molecule has 0 aliphatic rings. The second-order valence-electron chi connectivity index (χ2n) is 3.55. The first kappa shape index (κ1) is 9.12. The van der Waals surface area contributed by atoms with Crippen LogP contribution < -0.4 is 0 Å². The van der Waals surface area contributed by atoms with E-state index in [4.69, 9.17) is 0 Å². The Kier molecular flexibility index (Phi) is 2.43. The highest BCUT2D eigenvalue weighted by molar-refractivity contribution is 5.72. The molecule has 0 saturated heterocycles. The average Bonchev–Trinajstić information content (AvgIpc) is 2.65. The molecule has 2 aromatic rings. The number of aromatic nitrogens is 4. The van der Waals surface area contributed by atoms with Crippen LogP contribution in [0.5, 0.6) is 0 Å². The van der Waals surface area contributed by atoms with E-state index in [2.05, 4.69) is 33.8 Å². The lowest BCUT2D eigenvalue weighted by atomic mass is 10.0. The summed E-state index contributed by atoms with van der Waals surface area (Å²) >= 11 is 0. The quantitative estimate of drug-likeness (QED) is 0.807. The van der Waals surface area contributed by atoms with Gasteiger partial charge in [-0.2, -0.15) is 0 Å². The average molecular weight is 190 g/mol. The van der Waals surface area contributed by atoms with Gasteiger partial charge in [0.05, 0.1) is 12.0 Å². The third-order valence-electron chi connectivity index (χ3n) is 2.43. The van der Waals surface area contributed by atoms with Crippen molar-refractivity contribution < 1.29 is 0 Å². The summed E-state index contributed by atoms with van der Waals surface area (Å²) in [6.07, 6.45) is 5.57. The van der Waals surface area contributed by atoms with Crippen molar-refractivity contribution in [2.45, 2.75) is 32.6 Å². The first-order valence-corrected chi connectivity index (χ1v) is 4.97. The van der Waals surface area contributed by atoms with E-state index >= 15 is 0 Å². The fourth-order valence-electron chi connectivity index (χ4n) is 1.71. The van der Waals surface area contributed by atoms with E-state index in [9.17, 15) is 0 Å². The van der Waals surface area contributed by atoms with E-state index in [0.29, 0.717) is 5.92 Å². The molecule has 0 saturated carbocycles. The molecule has 2 rings (SSSR count). The molecule has 4 nitrogen and oxygen atoms in total. The van der Waals surface area contributed by atoms with Crippen molar-refractivity contribution in [3.05, 3.63) is 18.3 Å². The third-order valence-corrected chi connectivity index (χ3v) is 2.43. The second-order valence-corrected chi connectivity index (χ2v) is 3.55. The van der Waals surface area contributed by atoms with Gasteiger partial charge in [0.25, 0.3) is 0 Å². The maximum absolute atomic E-state index is 4.30. The molecule has 0 aromatic carbocycles. The Hall–Kier alpha value is -1.45. The smallest absolute Gasteiger partial charge is 0.160 e. The van der Waals surface area contributed by atoms with Crippen molar-refractivity contribution in [2.24, 2.45) is 0 Å². The maximum atomic E-state index is 4.30. The van der Waals surface area contributed by atoms with Gasteiger partial charge < -0.3 is 4.98 Å². The highest BCUT2D eigenvalue weighted by atomic mass is 15.0. The zero-order valence-electron chi connectivity index (χ0n) is 8.49. The third kappa shape index (κ3) is 1.47. The van der Waals surface area contributed by atoms with Crippen molar-refractivity contribution in [3.63, 3.8) is 0 Å². The lowest BCUT2D eigenvalue weighted by Gasteiger charge is -2.08. The molecular formula is C10H14N4. The summed E-state index contributed by atoms with van der Waals surface area (Å²) in [6, 6.07) is 0. The molecule has 1 atom stereocenters. The van der Waals surface area contributed by atoms with Crippen molar-refractivity contribution in [1.29, 1.82) is 0 Å². The largest absolute Gasteiger partial charge is 0.329 e. The van der Waals surface area contributed by atoms with Crippen LogP contribution in [0, 0.1) is 0 Å². The topological polar surface area (TPSA) is 54.5 Å². The normalized spacial score (nSPS) is 13.3. The highest BCUT2D eigenvalue weighted by Crippen LogP contribution is 2.22. The molecule has 0 aliphatic heterocycles. The van der Waals surface area contributed by atoms with Gasteiger partial charge in [0, 0.05) is 5.92 Å². The molecule has 1 N–H and O–H groups in total. The van der Waals surface area contributed by atoms with Gasteiger partial charge in [-0.25, -0.2) is 15.0 Å². The van der Waals surface area contributed by atoms with Crippen molar-refractivity contribution >= 4 is 11.2 Å². The summed E-state index contributed by atoms with van der Waals surface area (Å²) in [7, 11) is 0. The summed E-state index contributed by atoms with van der Waals surface area (Å²) in [5, 5.41) is 0. The Morgan fingerprint density at radius 3 is 3.00 bits per heavy atom. The van der Waals surface area contributed by atoms with E-state index in [-0.39, 0.29) is 0 Å². The van der Waals surface area contributed by atoms with Crippen LogP contribution in [0.15, 0.2) is 12.7 Å². The van der Waals surface area contributed by atoms with Gasteiger partial charge in [0.2, 0.25) is 0 Å². The van der Waals surface area contributed by atoms with Gasteiger partial charge in [-0.1, -0.05) is 20.3 Å². The molecule has 1 unspecified atom stereocenters. The number of H-pyrrole nitrogens is 1. The van der Waals surface area contributed by atoms with Gasteiger partial charge in [0.1, 0.15) is 11.8 Å². The molecule has 0 amide bonds. The predicted molar refractivity (Wildman–Crippen MR) is 55.0 cm³/mol. The summed E-state index contributed by atoms with van der Waals surface area (Å²) in [6.45, 7) is 4.36. The monoisotopic (exact) mass is 190 g/mol. The van der Waals surface area contributed by atoms with Crippen LogP contribution in [-0.2, 0) is 0 Å². The van der Waals surface area contributed by atoms with Crippen LogP contribution in [-0.4, -0.2) is 19.9 Å². The van der Waals surface area contributed by atoms with Gasteiger partial charge in [-0.05, 0) is 6.42 Å². The van der Waals surface area contributed by atoms with Gasteiger partial charge in [-0.3, -0.25) is 0 Å². The number of hydrogen-bond donors (Lipinski definition) is 1. The minimum atomic E-state index is 0.453. The van der Waals surface area contributed by atoms with Gasteiger partial charge in [0.15, 0.2) is 5.65 Å². The minimum Gasteiger partial charge on any atom is -0.329 e. The number of rotatable bonds is 3. The first-order valence-electron chi connectivity index (χ1n) is 4.97. The second kappa shape index (κ2) is 3.74. The molecule has 0 fully saturated rings. The SMILES string of the molecule is CCCC(C)c1ncnc2[nH]cnc12. The zero-order chi connectivity index (χ0) is 9.97. The lowest BCUT2D eigenvalue weighted by molar-refractivity contribution is 0.650. The summed E-state index contributed by atoms with van der Waals surface area (Å²) < 4.78 is 0. The standard InChI is InChI=1S/C10H14N4/c1-3-4-7(2)8-9-10(13-5-11-8)14-6-12-9/h5-7H,3-4H2,1-2H3,(H,11,12,13,14). The molecule has 4 heteroatoms. The Balaban J connectivity index is 2.45. The molecule has 0 bridgehead atoms. The molecule has 0 spiro atoms. The van der Waals surface area contributed by atoms with Crippen LogP contribution in [0.25, 0.3) is 11.2 Å². The van der Waals surface area contributed by atoms with Crippen molar-refractivity contribution in [1.82, 2.24) is 19.9 Å². The summed E-state index contributed by atoms with van der Waals surface area (Å²) in [4.78, 5) is 15.7. The Labute approximate surface area is 82.8 Å². The van der Waals surface area contributed by atoms with Crippen LogP contribution in [0.3, 0.4) is 0 Å². The summed E-state index contributed by atoms with van der Waals surface area (Å²) in [5.74, 6) is 0.453. The number of fused-ring (bicyclic) bond motifs is 1. The van der Waals surface area contributed by atoms with Crippen LogP contribution >= 0.6 is 0 Å². The zero-order valence-corrected chi connectivity index (χ0v) is 8.49. The Bertz CT molecular complexity index is 421. The number of nitrogens with one attached hydrogen (secondary N) is 1. The van der Waals surface area contributed by atoms with Gasteiger partial charge >= 0.3 is 0 Å². The number of hydrogen-bond acceptors (Lipinski definition) is 3. The van der Waals surface area contributed by atoms with Crippen LogP contribution in [0.4, 0.5) is 0 Å². The molecule has 14 heavy (non-hydrogen) atoms. The highest BCUT2D eigenvalue weighted by Gasteiger charge is 2.12. The van der Waals surface area contributed by atoms with E-state index < -0.39 is 0 Å². The lowest BCUT2D eigenvalue weighted by Crippen LogP contribution is -1.98. The minimum absolute atomic E-state index is 0.453. The van der Waals surface area contributed by atoms with E-state index in [1.165, 1.54) is 0 Å². The number of imidazole rings is 1. The van der Waals surface area contributed by atoms with Crippen LogP contribution in [0.1, 0.15) is 38.3 Å². The Morgan fingerprint density at radius 1 is 1.36 bits per heavy atom. The van der Waals surface area contributed by atoms with Crippen molar-refractivity contribution in [3.8, 4) is 0 Å². The van der Waals surface area contributed by atoms with Crippen molar-refractivity contribution in [2.75, 3.05) is 0 Å². The Morgan fingerprint density at radius 2 is 2.21 bits per heavy atom. The maximum Gasteiger partial charge on any atom is 0.160 e. The van der Waals surface area contributed by atoms with E-state index in [0.717, 1.165) is 29.7 Å². The molecule has 74 valence electrons. The van der Waals surface area contributed by atoms with E-state index in [1.807, 2.05) is 0 Å². The van der Waals surface area contributed by atoms with E-state index in [1.54, 1.807) is 12.7 Å². The van der Waals surface area contributed by atoms with Crippen LogP contribution in [0.2, 0.25) is 0 Å². The molecule has 0 aliphatic carbocycles. The molecule has 2 heterocycles. The molecule has 0 radical (unpaired) electrons. The molecule has 2 aromatic heterocycles. The number of aromatic amines is 1. The fourth-order valence-corrected chi connectivity index (χ4v) is 1.71. The first-order chi connectivity index (χ1) is 6.83. The summed E-state index contributed by atoms with van der Waals surface area (Å²) in [5.41, 5.74) is 2.80. The fraction of sp³-hybridized carbons (Fsp3) is 0.500.